The molecule has 0 fully saturated rings. The second-order valence-corrected chi connectivity index (χ2v) is 7.92. The first kappa shape index (κ1) is 21.9. The van der Waals surface area contributed by atoms with Crippen LogP contribution >= 0.6 is 0 Å². The van der Waals surface area contributed by atoms with Crippen molar-refractivity contribution in [2.24, 2.45) is 0 Å². The van der Waals surface area contributed by atoms with Gasteiger partial charge in [-0.2, -0.15) is 0 Å². The van der Waals surface area contributed by atoms with Gasteiger partial charge in [-0.3, -0.25) is 14.4 Å². The van der Waals surface area contributed by atoms with Gasteiger partial charge in [0.25, 0.3) is 5.91 Å². The highest BCUT2D eigenvalue weighted by Crippen LogP contribution is 2.27. The van der Waals surface area contributed by atoms with Crippen LogP contribution in [0.5, 0.6) is 0 Å². The van der Waals surface area contributed by atoms with Crippen LogP contribution in [0.25, 0.3) is 22.2 Å². The summed E-state index contributed by atoms with van der Waals surface area (Å²) < 4.78 is 0. The molecule has 0 atom stereocenters. The third kappa shape index (κ3) is 4.96. The summed E-state index contributed by atoms with van der Waals surface area (Å²) in [6.07, 6.45) is 0. The molecule has 0 aliphatic heterocycles. The number of hydrogen-bond donors (Lipinski definition) is 2. The standard InChI is InChI=1S/C27H23N3O3/c1-16-4-13-25-23(14-16)24(27(33)29-22-9-5-19(6-10-22)17(2)31)15-26(30-25)20-7-11-21(12-8-20)28-18(3)32/h4-15H,1-3H3,(H,28,32)(H,29,33). The van der Waals surface area contributed by atoms with E-state index in [9.17, 15) is 14.4 Å². The number of Topliss-reactive ketones (excluding diaryl/α,β-unsaturated/α-hetero) is 1. The molecule has 33 heavy (non-hydrogen) atoms. The summed E-state index contributed by atoms with van der Waals surface area (Å²) in [5.74, 6) is -0.436. The Morgan fingerprint density at radius 1 is 0.758 bits per heavy atom. The molecule has 6 nitrogen and oxygen atoms in total. The lowest BCUT2D eigenvalue weighted by molar-refractivity contribution is -0.114. The second-order valence-electron chi connectivity index (χ2n) is 7.92. The quantitative estimate of drug-likeness (QED) is 0.397. The second kappa shape index (κ2) is 9.04. The summed E-state index contributed by atoms with van der Waals surface area (Å²) in [7, 11) is 0. The fourth-order valence-electron chi connectivity index (χ4n) is 3.59. The Morgan fingerprint density at radius 2 is 1.39 bits per heavy atom. The van der Waals surface area contributed by atoms with Crippen LogP contribution in [0.1, 0.15) is 40.1 Å². The molecule has 2 amide bonds. The van der Waals surface area contributed by atoms with Crippen molar-refractivity contribution in [3.05, 3.63) is 89.5 Å². The minimum atomic E-state index is -0.264. The molecule has 6 heteroatoms. The molecular weight excluding hydrogens is 414 g/mol. The summed E-state index contributed by atoms with van der Waals surface area (Å²) in [6.45, 7) is 4.93. The van der Waals surface area contributed by atoms with Crippen molar-refractivity contribution >= 4 is 39.9 Å². The lowest BCUT2D eigenvalue weighted by Gasteiger charge is -2.12. The Balaban J connectivity index is 1.73. The van der Waals surface area contributed by atoms with Gasteiger partial charge in [0.1, 0.15) is 0 Å². The van der Waals surface area contributed by atoms with Crippen LogP contribution in [-0.2, 0) is 4.79 Å². The van der Waals surface area contributed by atoms with E-state index >= 15 is 0 Å². The number of anilines is 2. The molecule has 0 aliphatic carbocycles. The number of rotatable bonds is 5. The molecule has 2 N–H and O–H groups in total. The topological polar surface area (TPSA) is 88.2 Å². The van der Waals surface area contributed by atoms with Crippen molar-refractivity contribution in [3.63, 3.8) is 0 Å². The van der Waals surface area contributed by atoms with Crippen molar-refractivity contribution in [2.45, 2.75) is 20.8 Å². The van der Waals surface area contributed by atoms with E-state index in [1.807, 2.05) is 37.3 Å². The van der Waals surface area contributed by atoms with E-state index in [2.05, 4.69) is 10.6 Å². The third-order valence-corrected chi connectivity index (χ3v) is 5.26. The van der Waals surface area contributed by atoms with E-state index in [1.165, 1.54) is 13.8 Å². The molecule has 164 valence electrons. The number of ketones is 1. The molecule has 0 spiro atoms. The number of carbonyl (C=O) groups is 3. The predicted octanol–water partition coefficient (Wildman–Crippen LogP) is 5.62. The average molecular weight is 437 g/mol. The fraction of sp³-hybridized carbons (Fsp3) is 0.111. The van der Waals surface area contributed by atoms with Crippen molar-refractivity contribution in [3.8, 4) is 11.3 Å². The van der Waals surface area contributed by atoms with E-state index in [0.717, 1.165) is 16.5 Å². The van der Waals surface area contributed by atoms with Gasteiger partial charge in [0, 0.05) is 34.8 Å². The van der Waals surface area contributed by atoms with E-state index in [4.69, 9.17) is 4.98 Å². The number of carbonyl (C=O) groups excluding carboxylic acids is 3. The number of amides is 2. The highest BCUT2D eigenvalue weighted by Gasteiger charge is 2.15. The third-order valence-electron chi connectivity index (χ3n) is 5.26. The van der Waals surface area contributed by atoms with Gasteiger partial charge in [-0.25, -0.2) is 4.98 Å². The number of fused-ring (bicyclic) bond motifs is 1. The van der Waals surface area contributed by atoms with Gasteiger partial charge in [-0.15, -0.1) is 0 Å². The highest BCUT2D eigenvalue weighted by molar-refractivity contribution is 6.13. The molecular formula is C27H23N3O3. The molecule has 4 rings (SSSR count). The number of aromatic nitrogens is 1. The van der Waals surface area contributed by atoms with Crippen molar-refractivity contribution in [1.82, 2.24) is 4.98 Å². The Hall–Kier alpha value is -4.32. The molecule has 0 radical (unpaired) electrons. The van der Waals surface area contributed by atoms with Crippen LogP contribution in [-0.4, -0.2) is 22.6 Å². The van der Waals surface area contributed by atoms with Crippen LogP contribution in [0.4, 0.5) is 11.4 Å². The number of pyridine rings is 1. The summed E-state index contributed by atoms with van der Waals surface area (Å²) in [4.78, 5) is 40.8. The molecule has 0 aliphatic rings. The van der Waals surface area contributed by atoms with E-state index in [0.29, 0.717) is 33.7 Å². The Labute approximate surface area is 191 Å². The zero-order valence-corrected chi connectivity index (χ0v) is 18.6. The minimum Gasteiger partial charge on any atom is -0.326 e. The van der Waals surface area contributed by atoms with Gasteiger partial charge in [-0.05, 0) is 68.4 Å². The van der Waals surface area contributed by atoms with Gasteiger partial charge in [0.15, 0.2) is 5.78 Å². The Kier molecular flexibility index (Phi) is 6.00. The molecule has 1 aromatic heterocycles. The predicted molar refractivity (Wildman–Crippen MR) is 131 cm³/mol. The monoisotopic (exact) mass is 437 g/mol. The van der Waals surface area contributed by atoms with Crippen LogP contribution in [0, 0.1) is 6.92 Å². The number of nitrogens with zero attached hydrogens (tertiary/aromatic N) is 1. The first-order chi connectivity index (χ1) is 15.8. The van der Waals surface area contributed by atoms with Gasteiger partial charge in [0.05, 0.1) is 16.8 Å². The molecule has 0 saturated heterocycles. The lowest BCUT2D eigenvalue weighted by atomic mass is 10.0. The van der Waals surface area contributed by atoms with Crippen molar-refractivity contribution < 1.29 is 14.4 Å². The SMILES string of the molecule is CC(=O)Nc1ccc(-c2cc(C(=O)Nc3ccc(C(C)=O)cc3)c3cc(C)ccc3n2)cc1. The number of nitrogens with one attached hydrogen (secondary N) is 2. The Morgan fingerprint density at radius 3 is 2.03 bits per heavy atom. The van der Waals surface area contributed by atoms with Gasteiger partial charge < -0.3 is 10.6 Å². The first-order valence-corrected chi connectivity index (χ1v) is 10.5. The molecule has 0 saturated carbocycles. The Bertz CT molecular complexity index is 1370. The maximum Gasteiger partial charge on any atom is 0.256 e. The summed E-state index contributed by atoms with van der Waals surface area (Å²) in [5.41, 5.74) is 5.59. The van der Waals surface area contributed by atoms with Crippen LogP contribution in [0.3, 0.4) is 0 Å². The van der Waals surface area contributed by atoms with Crippen LogP contribution < -0.4 is 10.6 Å². The minimum absolute atomic E-state index is 0.0300. The molecule has 3 aromatic carbocycles. The molecule has 0 bridgehead atoms. The summed E-state index contributed by atoms with van der Waals surface area (Å²) in [6, 6.07) is 21.7. The summed E-state index contributed by atoms with van der Waals surface area (Å²) in [5, 5.41) is 6.42. The van der Waals surface area contributed by atoms with Gasteiger partial charge >= 0.3 is 0 Å². The van der Waals surface area contributed by atoms with Crippen LogP contribution in [0.15, 0.2) is 72.8 Å². The zero-order valence-electron chi connectivity index (χ0n) is 18.6. The maximum atomic E-state index is 13.3. The van der Waals surface area contributed by atoms with Gasteiger partial charge in [-0.1, -0.05) is 23.8 Å². The summed E-state index contributed by atoms with van der Waals surface area (Å²) >= 11 is 0. The normalized spacial score (nSPS) is 10.6. The van der Waals surface area contributed by atoms with E-state index < -0.39 is 0 Å². The van der Waals surface area contributed by atoms with Crippen molar-refractivity contribution in [1.29, 1.82) is 0 Å². The van der Waals surface area contributed by atoms with Crippen molar-refractivity contribution in [2.75, 3.05) is 10.6 Å². The fourth-order valence-corrected chi connectivity index (χ4v) is 3.59. The number of hydrogen-bond acceptors (Lipinski definition) is 4. The smallest absolute Gasteiger partial charge is 0.256 e. The largest absolute Gasteiger partial charge is 0.326 e. The van der Waals surface area contributed by atoms with Gasteiger partial charge in [0.2, 0.25) is 5.91 Å². The molecule has 1 heterocycles. The van der Waals surface area contributed by atoms with Crippen LogP contribution in [0.2, 0.25) is 0 Å². The average Bonchev–Trinajstić information content (AvgIpc) is 2.79. The zero-order chi connectivity index (χ0) is 23.5. The maximum absolute atomic E-state index is 13.3. The first-order valence-electron chi connectivity index (χ1n) is 10.5. The number of aryl methyl sites for hydroxylation is 1. The molecule has 0 unspecified atom stereocenters. The van der Waals surface area contributed by atoms with E-state index in [1.54, 1.807) is 42.5 Å². The number of benzene rings is 3. The lowest BCUT2D eigenvalue weighted by Crippen LogP contribution is -2.13. The van der Waals surface area contributed by atoms with E-state index in [-0.39, 0.29) is 17.6 Å². The molecule has 4 aromatic rings. The highest BCUT2D eigenvalue weighted by atomic mass is 16.2.